The summed E-state index contributed by atoms with van der Waals surface area (Å²) in [7, 11) is 0. The molecule has 3 aliphatic rings. The number of carbonyl (C=O) groups is 3. The number of allylic oxidation sites excluding steroid dienone is 2. The van der Waals surface area contributed by atoms with Crippen LogP contribution in [0.2, 0.25) is 0 Å². The molecule has 7 nitrogen and oxygen atoms in total. The van der Waals surface area contributed by atoms with Gasteiger partial charge < -0.3 is 9.80 Å². The Morgan fingerprint density at radius 1 is 0.912 bits per heavy atom. The Hall–Kier alpha value is -3.61. The van der Waals surface area contributed by atoms with Crippen LogP contribution >= 0.6 is 0 Å². The molecular formula is C27H30N4O3. The molecule has 1 aliphatic carbocycles. The van der Waals surface area contributed by atoms with Crippen molar-refractivity contribution >= 4 is 29.1 Å². The van der Waals surface area contributed by atoms with Crippen LogP contribution in [-0.2, 0) is 9.59 Å². The number of nitrogens with one attached hydrogen (secondary N) is 1. The summed E-state index contributed by atoms with van der Waals surface area (Å²) in [5.74, 6) is -0.992. The maximum absolute atomic E-state index is 13.3. The minimum atomic E-state index is -0.351. The number of carbonyl (C=O) groups excluding carboxylic acids is 3. The maximum Gasteiger partial charge on any atom is 0.254 e. The van der Waals surface area contributed by atoms with Crippen molar-refractivity contribution < 1.29 is 14.4 Å². The van der Waals surface area contributed by atoms with E-state index in [1.54, 1.807) is 24.3 Å². The summed E-state index contributed by atoms with van der Waals surface area (Å²) in [5, 5.41) is 1.32. The number of amides is 3. The van der Waals surface area contributed by atoms with E-state index in [9.17, 15) is 14.4 Å². The Labute approximate surface area is 200 Å². The van der Waals surface area contributed by atoms with Gasteiger partial charge in [-0.25, -0.2) is 5.01 Å². The maximum atomic E-state index is 13.3. The molecule has 2 atom stereocenters. The second kappa shape index (κ2) is 8.97. The van der Waals surface area contributed by atoms with Crippen LogP contribution < -0.4 is 15.3 Å². The zero-order valence-corrected chi connectivity index (χ0v) is 19.7. The molecule has 0 radical (unpaired) electrons. The second-order valence-electron chi connectivity index (χ2n) is 9.35. The molecule has 2 aromatic carbocycles. The molecule has 2 fully saturated rings. The van der Waals surface area contributed by atoms with Gasteiger partial charge in [-0.2, -0.15) is 0 Å². The molecule has 0 bridgehead atoms. The molecule has 7 heteroatoms. The van der Waals surface area contributed by atoms with E-state index in [4.69, 9.17) is 0 Å². The summed E-state index contributed by atoms with van der Waals surface area (Å²) in [6.45, 7) is 7.06. The summed E-state index contributed by atoms with van der Waals surface area (Å²) in [6.07, 6.45) is 5.08. The van der Waals surface area contributed by atoms with E-state index in [2.05, 4.69) is 42.4 Å². The van der Waals surface area contributed by atoms with Crippen molar-refractivity contribution in [3.05, 3.63) is 71.3 Å². The third-order valence-corrected chi connectivity index (χ3v) is 7.36. The van der Waals surface area contributed by atoms with Crippen LogP contribution in [0.15, 0.2) is 54.6 Å². The summed E-state index contributed by atoms with van der Waals surface area (Å²) >= 11 is 0. The number of nitrogens with zero attached hydrogens (tertiary/aromatic N) is 3. The normalized spacial score (nSPS) is 22.5. The molecule has 2 unspecified atom stereocenters. The van der Waals surface area contributed by atoms with Crippen LogP contribution in [0.25, 0.3) is 0 Å². The summed E-state index contributed by atoms with van der Waals surface area (Å²) in [5.41, 5.74) is 7.55. The van der Waals surface area contributed by atoms with Crippen molar-refractivity contribution in [3.8, 4) is 0 Å². The number of anilines is 2. The molecule has 34 heavy (non-hydrogen) atoms. The molecule has 2 aromatic rings. The lowest BCUT2D eigenvalue weighted by Crippen LogP contribution is -2.59. The molecule has 5 rings (SSSR count). The third-order valence-electron chi connectivity index (χ3n) is 7.36. The van der Waals surface area contributed by atoms with Gasteiger partial charge in [0.1, 0.15) is 0 Å². The van der Waals surface area contributed by atoms with Crippen LogP contribution in [0.3, 0.4) is 0 Å². The Morgan fingerprint density at radius 3 is 2.38 bits per heavy atom. The zero-order chi connectivity index (χ0) is 23.8. The monoisotopic (exact) mass is 458 g/mol. The van der Waals surface area contributed by atoms with E-state index in [0.717, 1.165) is 13.1 Å². The number of piperazine rings is 1. The second-order valence-corrected chi connectivity index (χ2v) is 9.35. The SMILES string of the molecule is Cc1cccc(N2CCN(C(=O)c3cccc(N4NC(=O)C5CC=CCC5C4=O)c3)CC2)c1C. The Balaban J connectivity index is 1.29. The van der Waals surface area contributed by atoms with Crippen molar-refractivity contribution in [1.29, 1.82) is 0 Å². The molecule has 1 N–H and O–H groups in total. The van der Waals surface area contributed by atoms with E-state index >= 15 is 0 Å². The van der Waals surface area contributed by atoms with Gasteiger partial charge >= 0.3 is 0 Å². The molecule has 0 saturated carbocycles. The number of fused-ring (bicyclic) bond motifs is 1. The van der Waals surface area contributed by atoms with E-state index in [0.29, 0.717) is 37.2 Å². The Morgan fingerprint density at radius 2 is 1.62 bits per heavy atom. The smallest absolute Gasteiger partial charge is 0.254 e. The first-order valence-electron chi connectivity index (χ1n) is 11.9. The van der Waals surface area contributed by atoms with Crippen molar-refractivity contribution in [2.24, 2.45) is 11.8 Å². The lowest BCUT2D eigenvalue weighted by atomic mass is 9.80. The fraction of sp³-hybridized carbons (Fsp3) is 0.370. The first kappa shape index (κ1) is 22.2. The quantitative estimate of drug-likeness (QED) is 0.717. The summed E-state index contributed by atoms with van der Waals surface area (Å²) in [6, 6.07) is 13.3. The van der Waals surface area contributed by atoms with E-state index in [1.807, 2.05) is 17.1 Å². The van der Waals surface area contributed by atoms with Gasteiger partial charge in [-0.15, -0.1) is 0 Å². The molecule has 0 spiro atoms. The average Bonchev–Trinajstić information content (AvgIpc) is 2.87. The molecule has 0 aromatic heterocycles. The van der Waals surface area contributed by atoms with Gasteiger partial charge in [0.2, 0.25) is 11.8 Å². The largest absolute Gasteiger partial charge is 0.368 e. The van der Waals surface area contributed by atoms with Gasteiger partial charge in [-0.3, -0.25) is 19.8 Å². The molecular weight excluding hydrogens is 428 g/mol. The van der Waals surface area contributed by atoms with Crippen LogP contribution in [0.5, 0.6) is 0 Å². The summed E-state index contributed by atoms with van der Waals surface area (Å²) in [4.78, 5) is 43.2. The van der Waals surface area contributed by atoms with E-state index in [-0.39, 0.29) is 29.6 Å². The Kier molecular flexibility index (Phi) is 5.86. The van der Waals surface area contributed by atoms with E-state index in [1.165, 1.54) is 21.8 Å². The number of benzene rings is 2. The highest BCUT2D eigenvalue weighted by Gasteiger charge is 2.42. The van der Waals surface area contributed by atoms with Crippen molar-refractivity contribution in [2.45, 2.75) is 26.7 Å². The van der Waals surface area contributed by atoms with Gasteiger partial charge in [-0.1, -0.05) is 30.4 Å². The van der Waals surface area contributed by atoms with Crippen LogP contribution in [0.4, 0.5) is 11.4 Å². The fourth-order valence-electron chi connectivity index (χ4n) is 5.17. The first-order chi connectivity index (χ1) is 16.4. The van der Waals surface area contributed by atoms with E-state index < -0.39 is 0 Å². The van der Waals surface area contributed by atoms with Crippen molar-refractivity contribution in [2.75, 3.05) is 36.1 Å². The number of hydrogen-bond acceptors (Lipinski definition) is 4. The van der Waals surface area contributed by atoms with Crippen LogP contribution in [-0.4, -0.2) is 48.8 Å². The number of hydrogen-bond donors (Lipinski definition) is 1. The average molecular weight is 459 g/mol. The zero-order valence-electron chi connectivity index (χ0n) is 19.7. The van der Waals surface area contributed by atoms with Crippen molar-refractivity contribution in [3.63, 3.8) is 0 Å². The minimum Gasteiger partial charge on any atom is -0.368 e. The number of aryl methyl sites for hydroxylation is 1. The van der Waals surface area contributed by atoms with Gasteiger partial charge in [-0.05, 0) is 62.1 Å². The van der Waals surface area contributed by atoms with Gasteiger partial charge in [0.15, 0.2) is 0 Å². The molecule has 2 saturated heterocycles. The molecule has 176 valence electrons. The van der Waals surface area contributed by atoms with Gasteiger partial charge in [0, 0.05) is 37.4 Å². The summed E-state index contributed by atoms with van der Waals surface area (Å²) < 4.78 is 0. The third kappa shape index (κ3) is 3.95. The topological polar surface area (TPSA) is 73.0 Å². The van der Waals surface area contributed by atoms with Crippen molar-refractivity contribution in [1.82, 2.24) is 10.3 Å². The van der Waals surface area contributed by atoms with Gasteiger partial charge in [0.05, 0.1) is 17.5 Å². The number of hydrazine groups is 1. The lowest BCUT2D eigenvalue weighted by molar-refractivity contribution is -0.139. The number of rotatable bonds is 3. The molecule has 3 amide bonds. The van der Waals surface area contributed by atoms with Gasteiger partial charge in [0.25, 0.3) is 5.91 Å². The van der Waals surface area contributed by atoms with Crippen LogP contribution in [0, 0.1) is 25.7 Å². The minimum absolute atomic E-state index is 0.0586. The molecule has 2 heterocycles. The predicted molar refractivity (Wildman–Crippen MR) is 131 cm³/mol. The highest BCUT2D eigenvalue weighted by Crippen LogP contribution is 2.32. The standard InChI is InChI=1S/C27H30N4O3/c1-18-7-5-12-24(19(18)2)29-13-15-30(16-14-29)26(33)20-8-6-9-21(17-20)31-27(34)23-11-4-3-10-22(23)25(32)28-31/h3-9,12,17,22-23H,10-11,13-16H2,1-2H3,(H,28,32). The Bertz CT molecular complexity index is 1170. The first-order valence-corrected chi connectivity index (χ1v) is 11.9. The highest BCUT2D eigenvalue weighted by atomic mass is 16.2. The fourth-order valence-corrected chi connectivity index (χ4v) is 5.17. The molecule has 2 aliphatic heterocycles. The highest BCUT2D eigenvalue weighted by molar-refractivity contribution is 6.05. The predicted octanol–water partition coefficient (Wildman–Crippen LogP) is 3.23. The van der Waals surface area contributed by atoms with Crippen LogP contribution in [0.1, 0.15) is 34.3 Å². The lowest BCUT2D eigenvalue weighted by Gasteiger charge is -2.38.